The van der Waals surface area contributed by atoms with Crippen LogP contribution in [0.15, 0.2) is 12.7 Å². The van der Waals surface area contributed by atoms with Crippen molar-refractivity contribution in [3.63, 3.8) is 0 Å². The second-order valence-corrected chi connectivity index (χ2v) is 1.54. The number of carboxylic acid groups (broad SMARTS) is 1. The summed E-state index contributed by atoms with van der Waals surface area (Å²) in [6, 6.07) is 0. The van der Waals surface area contributed by atoms with Crippen LogP contribution in [0.1, 0.15) is 13.3 Å². The SMILES string of the molecule is C=CC(=O)O.CCC(=O)OS. The Hall–Kier alpha value is -0.970. The van der Waals surface area contributed by atoms with Crippen molar-refractivity contribution >= 4 is 24.8 Å². The Balaban J connectivity index is 0. The van der Waals surface area contributed by atoms with Gasteiger partial charge < -0.3 is 9.29 Å². The Labute approximate surface area is 70.5 Å². The summed E-state index contributed by atoms with van der Waals surface area (Å²) in [4.78, 5) is 19.1. The zero-order valence-electron chi connectivity index (χ0n) is 6.11. The predicted molar refractivity (Wildman–Crippen MR) is 43.2 cm³/mol. The van der Waals surface area contributed by atoms with E-state index in [2.05, 4.69) is 23.7 Å². The molecule has 0 aromatic heterocycles. The van der Waals surface area contributed by atoms with Crippen molar-refractivity contribution in [1.82, 2.24) is 0 Å². The highest BCUT2D eigenvalue weighted by Crippen LogP contribution is 1.84. The fraction of sp³-hybridized carbons (Fsp3) is 0.333. The van der Waals surface area contributed by atoms with E-state index in [1.54, 1.807) is 6.92 Å². The zero-order valence-corrected chi connectivity index (χ0v) is 7.01. The Bertz CT molecular complexity index is 138. The van der Waals surface area contributed by atoms with Gasteiger partial charge in [-0.05, 0) is 0 Å². The number of aliphatic carboxylic acids is 1. The summed E-state index contributed by atoms with van der Waals surface area (Å²) in [5.74, 6) is -1.27. The number of hydrogen-bond donors (Lipinski definition) is 2. The van der Waals surface area contributed by atoms with Crippen LogP contribution >= 0.6 is 12.9 Å². The van der Waals surface area contributed by atoms with E-state index >= 15 is 0 Å². The molecule has 0 amide bonds. The molecule has 0 atom stereocenters. The van der Waals surface area contributed by atoms with Crippen molar-refractivity contribution in [2.75, 3.05) is 0 Å². The van der Waals surface area contributed by atoms with Gasteiger partial charge in [-0.3, -0.25) is 4.79 Å². The first-order valence-electron chi connectivity index (χ1n) is 2.78. The lowest BCUT2D eigenvalue weighted by Crippen LogP contribution is -1.90. The molecule has 64 valence electrons. The van der Waals surface area contributed by atoms with Crippen LogP contribution in [0.3, 0.4) is 0 Å². The highest BCUT2D eigenvalue weighted by Gasteiger charge is 1.89. The van der Waals surface area contributed by atoms with Gasteiger partial charge in [-0.15, -0.1) is 0 Å². The van der Waals surface area contributed by atoms with E-state index < -0.39 is 5.97 Å². The van der Waals surface area contributed by atoms with Gasteiger partial charge in [0.2, 0.25) is 0 Å². The van der Waals surface area contributed by atoms with Gasteiger partial charge >= 0.3 is 11.9 Å². The number of hydrogen-bond acceptors (Lipinski definition) is 4. The molecule has 0 aliphatic carbocycles. The number of carboxylic acids is 1. The largest absolute Gasteiger partial charge is 0.478 e. The molecule has 0 unspecified atom stereocenters. The van der Waals surface area contributed by atoms with Crippen molar-refractivity contribution in [1.29, 1.82) is 0 Å². The second kappa shape index (κ2) is 9.03. The first-order chi connectivity index (χ1) is 5.08. The van der Waals surface area contributed by atoms with Gasteiger partial charge in [0, 0.05) is 25.4 Å². The fourth-order valence-electron chi connectivity index (χ4n) is 0.0645. The molecular formula is C6H10O4S. The minimum Gasteiger partial charge on any atom is -0.478 e. The third-order valence-electron chi connectivity index (χ3n) is 0.565. The quantitative estimate of drug-likeness (QED) is 0.377. The lowest BCUT2D eigenvalue weighted by Gasteiger charge is -1.84. The Morgan fingerprint density at radius 2 is 2.09 bits per heavy atom. The maximum absolute atomic E-state index is 9.88. The molecule has 0 aromatic rings. The molecule has 0 fully saturated rings. The van der Waals surface area contributed by atoms with Crippen LogP contribution in [-0.4, -0.2) is 17.0 Å². The molecular weight excluding hydrogens is 168 g/mol. The molecule has 0 saturated carbocycles. The molecule has 0 radical (unpaired) electrons. The van der Waals surface area contributed by atoms with Gasteiger partial charge in [-0.1, -0.05) is 13.5 Å². The summed E-state index contributed by atoms with van der Waals surface area (Å²) in [6.45, 7) is 4.67. The third-order valence-corrected chi connectivity index (χ3v) is 0.769. The molecule has 11 heavy (non-hydrogen) atoms. The first-order valence-corrected chi connectivity index (χ1v) is 3.14. The van der Waals surface area contributed by atoms with Crippen molar-refractivity contribution < 1.29 is 18.9 Å². The molecule has 0 rings (SSSR count). The van der Waals surface area contributed by atoms with Crippen LogP contribution in [0, 0.1) is 0 Å². The zero-order chi connectivity index (χ0) is 9.28. The summed E-state index contributed by atoms with van der Waals surface area (Å²) in [5.41, 5.74) is 0. The lowest BCUT2D eigenvalue weighted by molar-refractivity contribution is -0.133. The van der Waals surface area contributed by atoms with Crippen LogP contribution < -0.4 is 0 Å². The van der Waals surface area contributed by atoms with Crippen LogP contribution in [0.2, 0.25) is 0 Å². The summed E-state index contributed by atoms with van der Waals surface area (Å²) in [6.07, 6.45) is 1.23. The first kappa shape index (κ1) is 12.7. The minimum atomic E-state index is -0.981. The number of carbonyl (C=O) groups excluding carboxylic acids is 1. The number of rotatable bonds is 2. The Morgan fingerprint density at radius 1 is 1.73 bits per heavy atom. The van der Waals surface area contributed by atoms with Crippen LogP contribution in [0.5, 0.6) is 0 Å². The average molecular weight is 178 g/mol. The van der Waals surface area contributed by atoms with Crippen LogP contribution in [0.25, 0.3) is 0 Å². The summed E-state index contributed by atoms with van der Waals surface area (Å²) < 4.78 is 3.95. The average Bonchev–Trinajstić information content (AvgIpc) is 2.04. The molecule has 0 aliphatic rings. The third kappa shape index (κ3) is 17.6. The van der Waals surface area contributed by atoms with E-state index in [0.717, 1.165) is 6.08 Å². The van der Waals surface area contributed by atoms with E-state index in [1.165, 1.54) is 0 Å². The van der Waals surface area contributed by atoms with E-state index in [4.69, 9.17) is 5.11 Å². The van der Waals surface area contributed by atoms with Gasteiger partial charge in [0.15, 0.2) is 0 Å². The molecule has 4 nitrogen and oxygen atoms in total. The smallest absolute Gasteiger partial charge is 0.327 e. The highest BCUT2D eigenvalue weighted by atomic mass is 32.1. The maximum Gasteiger partial charge on any atom is 0.327 e. The summed E-state index contributed by atoms with van der Waals surface area (Å²) >= 11 is 3.25. The van der Waals surface area contributed by atoms with Gasteiger partial charge in [0.25, 0.3) is 0 Å². The fourth-order valence-corrected chi connectivity index (χ4v) is 0.194. The predicted octanol–water partition coefficient (Wildman–Crippen LogP) is 1.04. The molecule has 0 bridgehead atoms. The molecule has 0 aliphatic heterocycles. The van der Waals surface area contributed by atoms with Gasteiger partial charge in [0.1, 0.15) is 0 Å². The normalized spacial score (nSPS) is 7.09. The molecule has 0 spiro atoms. The monoisotopic (exact) mass is 178 g/mol. The van der Waals surface area contributed by atoms with Crippen molar-refractivity contribution in [2.24, 2.45) is 0 Å². The lowest BCUT2D eigenvalue weighted by atomic mass is 10.5. The van der Waals surface area contributed by atoms with E-state index in [-0.39, 0.29) is 5.97 Å². The summed E-state index contributed by atoms with van der Waals surface area (Å²) in [5, 5.41) is 7.60. The van der Waals surface area contributed by atoms with Crippen molar-refractivity contribution in [3.8, 4) is 0 Å². The van der Waals surface area contributed by atoms with Crippen LogP contribution in [-0.2, 0) is 13.8 Å². The topological polar surface area (TPSA) is 63.6 Å². The Morgan fingerprint density at radius 3 is 2.09 bits per heavy atom. The van der Waals surface area contributed by atoms with Gasteiger partial charge in [-0.2, -0.15) is 0 Å². The van der Waals surface area contributed by atoms with Crippen molar-refractivity contribution in [2.45, 2.75) is 13.3 Å². The minimum absolute atomic E-state index is 0.293. The van der Waals surface area contributed by atoms with Gasteiger partial charge in [-0.25, -0.2) is 4.79 Å². The van der Waals surface area contributed by atoms with Gasteiger partial charge in [0.05, 0.1) is 0 Å². The molecule has 1 N–H and O–H groups in total. The number of thiol groups is 1. The Kier molecular flexibility index (Phi) is 10.4. The molecule has 0 saturated heterocycles. The van der Waals surface area contributed by atoms with Crippen molar-refractivity contribution in [3.05, 3.63) is 12.7 Å². The number of carbonyl (C=O) groups is 2. The highest BCUT2D eigenvalue weighted by molar-refractivity contribution is 7.75. The summed E-state index contributed by atoms with van der Waals surface area (Å²) in [7, 11) is 0. The van der Waals surface area contributed by atoms with E-state index in [9.17, 15) is 9.59 Å². The van der Waals surface area contributed by atoms with E-state index in [1.807, 2.05) is 0 Å². The molecule has 0 heterocycles. The molecule has 5 heteroatoms. The second-order valence-electron chi connectivity index (χ2n) is 1.36. The van der Waals surface area contributed by atoms with E-state index in [0.29, 0.717) is 6.42 Å². The standard InChI is InChI=1S/C3H6O2S.C3H4O2/c1-2-3(4)5-6;1-2-3(4)5/h6H,2H2,1H3;2H,1H2,(H,4,5). The maximum atomic E-state index is 9.88. The molecule has 0 aromatic carbocycles. The van der Waals surface area contributed by atoms with Crippen LogP contribution in [0.4, 0.5) is 0 Å².